The van der Waals surface area contributed by atoms with E-state index in [1.165, 1.54) is 12.1 Å². The molecule has 0 saturated heterocycles. The maximum atomic E-state index is 12.0. The minimum absolute atomic E-state index is 0.0448. The Morgan fingerprint density at radius 2 is 1.85 bits per heavy atom. The van der Waals surface area contributed by atoms with Gasteiger partial charge in [0.2, 0.25) is 5.91 Å². The first-order valence-electron chi connectivity index (χ1n) is 6.55. The lowest BCUT2D eigenvalue weighted by Crippen LogP contribution is -2.35. The van der Waals surface area contributed by atoms with E-state index < -0.39 is 15.9 Å². The lowest BCUT2D eigenvalue weighted by atomic mass is 10.1. The van der Waals surface area contributed by atoms with Gasteiger partial charge in [-0.3, -0.25) is 4.79 Å². The lowest BCUT2D eigenvalue weighted by Gasteiger charge is -2.15. The zero-order valence-electron chi connectivity index (χ0n) is 11.7. The van der Waals surface area contributed by atoms with E-state index in [9.17, 15) is 18.3 Å². The van der Waals surface area contributed by atoms with E-state index in [4.69, 9.17) is 0 Å². The number of aliphatic hydroxyl groups excluding tert-OH is 1. The van der Waals surface area contributed by atoms with Crippen molar-refractivity contribution >= 4 is 15.7 Å². The summed E-state index contributed by atoms with van der Waals surface area (Å²) in [6, 6.07) is 8.04. The topological polar surface area (TPSA) is 83.5 Å². The quantitative estimate of drug-likeness (QED) is 0.786. The highest BCUT2D eigenvalue weighted by atomic mass is 32.2. The van der Waals surface area contributed by atoms with E-state index in [1.54, 1.807) is 18.2 Å². The first-order valence-corrected chi connectivity index (χ1v) is 8.20. The van der Waals surface area contributed by atoms with Crippen LogP contribution in [0.3, 0.4) is 0 Å². The molecular weight excluding hydrogens is 278 g/mol. The van der Waals surface area contributed by atoms with Crippen LogP contribution in [0.4, 0.5) is 0 Å². The molecule has 1 rings (SSSR count). The number of hydrogen-bond acceptors (Lipinski definition) is 4. The summed E-state index contributed by atoms with van der Waals surface area (Å²) in [5, 5.41) is 12.1. The van der Waals surface area contributed by atoms with Gasteiger partial charge in [-0.25, -0.2) is 8.42 Å². The molecule has 20 heavy (non-hydrogen) atoms. The summed E-state index contributed by atoms with van der Waals surface area (Å²) in [5.74, 6) is -0.562. The predicted octanol–water partition coefficient (Wildman–Crippen LogP) is 0.983. The van der Waals surface area contributed by atoms with Crippen LogP contribution in [-0.4, -0.2) is 37.8 Å². The molecule has 2 N–H and O–H groups in total. The number of carbonyl (C=O) groups is 1. The molecule has 0 saturated carbocycles. The maximum Gasteiger partial charge on any atom is 0.221 e. The van der Waals surface area contributed by atoms with Gasteiger partial charge in [-0.1, -0.05) is 32.0 Å². The minimum atomic E-state index is -3.43. The standard InChI is InChI=1S/C14H21NO4S/c1-11(2)13(16)10-15-14(17)8-9-20(18,19)12-6-4-3-5-7-12/h3-7,11,13,16H,8-10H2,1-2H3,(H,15,17). The summed E-state index contributed by atoms with van der Waals surface area (Å²) >= 11 is 0. The number of carbonyl (C=O) groups excluding carboxylic acids is 1. The molecule has 0 fully saturated rings. The third-order valence-corrected chi connectivity index (χ3v) is 4.71. The Hall–Kier alpha value is -1.40. The first-order chi connectivity index (χ1) is 9.33. The average Bonchev–Trinajstić information content (AvgIpc) is 2.43. The van der Waals surface area contributed by atoms with Crippen molar-refractivity contribution in [1.82, 2.24) is 5.32 Å². The number of hydrogen-bond donors (Lipinski definition) is 2. The molecule has 0 radical (unpaired) electrons. The third kappa shape index (κ3) is 5.30. The third-order valence-electron chi connectivity index (χ3n) is 2.98. The second kappa shape index (κ2) is 7.40. The molecule has 0 aliphatic rings. The van der Waals surface area contributed by atoms with Gasteiger partial charge in [0.15, 0.2) is 9.84 Å². The normalized spacial score (nSPS) is 13.2. The van der Waals surface area contributed by atoms with Gasteiger partial charge in [-0.2, -0.15) is 0 Å². The minimum Gasteiger partial charge on any atom is -0.391 e. The molecule has 1 unspecified atom stereocenters. The van der Waals surface area contributed by atoms with Crippen molar-refractivity contribution in [2.45, 2.75) is 31.3 Å². The van der Waals surface area contributed by atoms with Gasteiger partial charge in [0.25, 0.3) is 0 Å². The van der Waals surface area contributed by atoms with Gasteiger partial charge in [-0.05, 0) is 18.1 Å². The SMILES string of the molecule is CC(C)C(O)CNC(=O)CCS(=O)(=O)c1ccccc1. The highest BCUT2D eigenvalue weighted by Gasteiger charge is 2.17. The predicted molar refractivity (Wildman–Crippen MR) is 77.0 cm³/mol. The van der Waals surface area contributed by atoms with Crippen molar-refractivity contribution < 1.29 is 18.3 Å². The van der Waals surface area contributed by atoms with Crippen LogP contribution in [0.25, 0.3) is 0 Å². The van der Waals surface area contributed by atoms with E-state index in [0.29, 0.717) is 0 Å². The van der Waals surface area contributed by atoms with Gasteiger partial charge in [0, 0.05) is 13.0 Å². The van der Waals surface area contributed by atoms with E-state index >= 15 is 0 Å². The Labute approximate surface area is 119 Å². The second-order valence-electron chi connectivity index (χ2n) is 5.00. The van der Waals surface area contributed by atoms with Crippen molar-refractivity contribution in [2.24, 2.45) is 5.92 Å². The van der Waals surface area contributed by atoms with Crippen molar-refractivity contribution in [2.75, 3.05) is 12.3 Å². The summed E-state index contributed by atoms with van der Waals surface area (Å²) in [6.07, 6.45) is -0.730. The van der Waals surface area contributed by atoms with E-state index in [1.807, 2.05) is 13.8 Å². The van der Waals surface area contributed by atoms with Crippen molar-refractivity contribution in [3.8, 4) is 0 Å². The Morgan fingerprint density at radius 1 is 1.25 bits per heavy atom. The van der Waals surface area contributed by atoms with Crippen LogP contribution in [0, 0.1) is 5.92 Å². The lowest BCUT2D eigenvalue weighted by molar-refractivity contribution is -0.121. The van der Waals surface area contributed by atoms with E-state index in [2.05, 4.69) is 5.32 Å². The summed E-state index contributed by atoms with van der Waals surface area (Å²) in [7, 11) is -3.43. The Bertz CT molecular complexity index is 525. The Morgan fingerprint density at radius 3 is 2.40 bits per heavy atom. The smallest absolute Gasteiger partial charge is 0.221 e. The van der Waals surface area contributed by atoms with Crippen molar-refractivity contribution in [1.29, 1.82) is 0 Å². The molecular formula is C14H21NO4S. The average molecular weight is 299 g/mol. The van der Waals surface area contributed by atoms with Crippen LogP contribution < -0.4 is 5.32 Å². The number of aliphatic hydroxyl groups is 1. The van der Waals surface area contributed by atoms with Gasteiger partial charge >= 0.3 is 0 Å². The number of nitrogens with one attached hydrogen (secondary N) is 1. The molecule has 1 amide bonds. The summed E-state index contributed by atoms with van der Waals surface area (Å²) < 4.78 is 23.9. The highest BCUT2D eigenvalue weighted by molar-refractivity contribution is 7.91. The monoisotopic (exact) mass is 299 g/mol. The van der Waals surface area contributed by atoms with Crippen LogP contribution >= 0.6 is 0 Å². The van der Waals surface area contributed by atoms with Crippen LogP contribution in [0.5, 0.6) is 0 Å². The maximum absolute atomic E-state index is 12.0. The van der Waals surface area contributed by atoms with Crippen LogP contribution in [0.15, 0.2) is 35.2 Å². The Balaban J connectivity index is 2.45. The molecule has 112 valence electrons. The Kier molecular flexibility index (Phi) is 6.16. The molecule has 1 atom stereocenters. The van der Waals surface area contributed by atoms with Crippen LogP contribution in [-0.2, 0) is 14.6 Å². The number of sulfone groups is 1. The largest absolute Gasteiger partial charge is 0.391 e. The zero-order chi connectivity index (χ0) is 15.2. The van der Waals surface area contributed by atoms with Crippen molar-refractivity contribution in [3.63, 3.8) is 0 Å². The van der Waals surface area contributed by atoms with Gasteiger partial charge < -0.3 is 10.4 Å². The van der Waals surface area contributed by atoms with Gasteiger partial charge in [0.1, 0.15) is 0 Å². The van der Waals surface area contributed by atoms with Crippen molar-refractivity contribution in [3.05, 3.63) is 30.3 Å². The molecule has 1 aromatic carbocycles. The second-order valence-corrected chi connectivity index (χ2v) is 7.11. The highest BCUT2D eigenvalue weighted by Crippen LogP contribution is 2.11. The fraction of sp³-hybridized carbons (Fsp3) is 0.500. The van der Waals surface area contributed by atoms with Gasteiger partial charge in [-0.15, -0.1) is 0 Å². The number of rotatable bonds is 7. The van der Waals surface area contributed by atoms with E-state index in [0.717, 1.165) is 0 Å². The zero-order valence-corrected chi connectivity index (χ0v) is 12.6. The van der Waals surface area contributed by atoms with Crippen LogP contribution in [0.1, 0.15) is 20.3 Å². The fourth-order valence-electron chi connectivity index (χ4n) is 1.52. The number of amides is 1. The molecule has 1 aromatic rings. The van der Waals surface area contributed by atoms with Gasteiger partial charge in [0.05, 0.1) is 16.8 Å². The molecule has 0 aliphatic carbocycles. The number of benzene rings is 1. The van der Waals surface area contributed by atoms with Crippen LogP contribution in [0.2, 0.25) is 0 Å². The molecule has 0 aliphatic heterocycles. The summed E-state index contributed by atoms with van der Waals surface area (Å²) in [5.41, 5.74) is 0. The molecule has 0 aromatic heterocycles. The van der Waals surface area contributed by atoms with E-state index in [-0.39, 0.29) is 35.4 Å². The molecule has 6 heteroatoms. The molecule has 0 spiro atoms. The first kappa shape index (κ1) is 16.7. The summed E-state index contributed by atoms with van der Waals surface area (Å²) in [4.78, 5) is 11.8. The fourth-order valence-corrected chi connectivity index (χ4v) is 2.78. The summed E-state index contributed by atoms with van der Waals surface area (Å²) in [6.45, 7) is 3.83. The molecule has 5 nitrogen and oxygen atoms in total. The molecule has 0 bridgehead atoms. The molecule has 0 heterocycles.